The topological polar surface area (TPSA) is 101 Å². The van der Waals surface area contributed by atoms with Crippen LogP contribution >= 0.6 is 0 Å². The van der Waals surface area contributed by atoms with E-state index in [9.17, 15) is 14.4 Å². The van der Waals surface area contributed by atoms with E-state index in [1.807, 2.05) is 107 Å². The summed E-state index contributed by atoms with van der Waals surface area (Å²) in [7, 11) is 1.86. The summed E-state index contributed by atoms with van der Waals surface area (Å²) < 4.78 is 5.45. The zero-order chi connectivity index (χ0) is 32.1. The van der Waals surface area contributed by atoms with Gasteiger partial charge in [-0.15, -0.1) is 0 Å². The number of benzene rings is 2. The van der Waals surface area contributed by atoms with E-state index in [2.05, 4.69) is 15.6 Å². The van der Waals surface area contributed by atoms with Gasteiger partial charge >= 0.3 is 6.09 Å². The second-order valence-corrected chi connectivity index (χ2v) is 13.4. The highest BCUT2D eigenvalue weighted by atomic mass is 16.6. The van der Waals surface area contributed by atoms with Crippen molar-refractivity contribution in [2.24, 2.45) is 5.92 Å². The minimum atomic E-state index is -0.641. The van der Waals surface area contributed by atoms with Gasteiger partial charge < -0.3 is 20.3 Å². The first-order chi connectivity index (χ1) is 20.7. The zero-order valence-electron chi connectivity index (χ0n) is 27.1. The molecular formula is C36H46N4O4. The molecule has 234 valence electrons. The van der Waals surface area contributed by atoms with Crippen molar-refractivity contribution in [3.63, 3.8) is 0 Å². The maximum absolute atomic E-state index is 13.0. The minimum Gasteiger partial charge on any atom is -0.444 e. The lowest BCUT2D eigenvalue weighted by Gasteiger charge is -2.34. The molecule has 0 atom stereocenters. The van der Waals surface area contributed by atoms with Gasteiger partial charge in [-0.05, 0) is 94.5 Å². The van der Waals surface area contributed by atoms with Crippen LogP contribution in [0.15, 0.2) is 66.9 Å². The SMILES string of the molecule is CC(=O)N(C)C1CCC(CC(=O)Nc2cc(-c3ccccc3)c(-c3ccc(C(C)(C)NC(=O)OC(C)(C)C)cc3)cn2)CC1. The Morgan fingerprint density at radius 3 is 2.09 bits per heavy atom. The molecule has 1 aliphatic carbocycles. The molecular weight excluding hydrogens is 552 g/mol. The third-order valence-corrected chi connectivity index (χ3v) is 8.32. The van der Waals surface area contributed by atoms with Crippen LogP contribution in [0.2, 0.25) is 0 Å². The van der Waals surface area contributed by atoms with Crippen molar-refractivity contribution in [3.8, 4) is 22.3 Å². The summed E-state index contributed by atoms with van der Waals surface area (Å²) in [6, 6.07) is 20.3. The highest BCUT2D eigenvalue weighted by molar-refractivity contribution is 5.92. The molecule has 1 heterocycles. The average molecular weight is 599 g/mol. The molecule has 4 rings (SSSR count). The molecule has 1 fully saturated rings. The molecule has 0 saturated heterocycles. The summed E-state index contributed by atoms with van der Waals surface area (Å²) >= 11 is 0. The molecule has 0 spiro atoms. The van der Waals surface area contributed by atoms with Gasteiger partial charge in [-0.25, -0.2) is 9.78 Å². The van der Waals surface area contributed by atoms with Crippen molar-refractivity contribution < 1.29 is 19.1 Å². The quantitative estimate of drug-likeness (QED) is 0.279. The third-order valence-electron chi connectivity index (χ3n) is 8.32. The number of hydrogen-bond donors (Lipinski definition) is 2. The fraction of sp³-hybridized carbons (Fsp3) is 0.444. The van der Waals surface area contributed by atoms with Gasteiger partial charge in [0.2, 0.25) is 11.8 Å². The van der Waals surface area contributed by atoms with Crippen LogP contribution in [0.5, 0.6) is 0 Å². The Labute approximate surface area is 261 Å². The summed E-state index contributed by atoms with van der Waals surface area (Å²) in [5, 5.41) is 5.99. The fourth-order valence-corrected chi connectivity index (χ4v) is 5.76. The van der Waals surface area contributed by atoms with Gasteiger partial charge in [0.25, 0.3) is 0 Å². The molecule has 3 amide bonds. The molecule has 0 radical (unpaired) electrons. The summed E-state index contributed by atoms with van der Waals surface area (Å²) in [6.07, 6.45) is 5.48. The van der Waals surface area contributed by atoms with Crippen LogP contribution in [0.1, 0.15) is 79.2 Å². The molecule has 1 aromatic heterocycles. The molecule has 1 saturated carbocycles. The second kappa shape index (κ2) is 13.6. The van der Waals surface area contributed by atoms with Crippen molar-refractivity contribution in [1.29, 1.82) is 0 Å². The molecule has 8 nitrogen and oxygen atoms in total. The Balaban J connectivity index is 1.49. The van der Waals surface area contributed by atoms with Gasteiger partial charge in [-0.3, -0.25) is 9.59 Å². The molecule has 2 aromatic carbocycles. The average Bonchev–Trinajstić information content (AvgIpc) is 2.96. The number of anilines is 1. The van der Waals surface area contributed by atoms with Crippen molar-refractivity contribution in [2.75, 3.05) is 12.4 Å². The maximum atomic E-state index is 13.0. The van der Waals surface area contributed by atoms with Crippen LogP contribution in [0, 0.1) is 5.92 Å². The molecule has 2 N–H and O–H groups in total. The van der Waals surface area contributed by atoms with E-state index >= 15 is 0 Å². The second-order valence-electron chi connectivity index (χ2n) is 13.4. The van der Waals surface area contributed by atoms with Crippen LogP contribution in [-0.2, 0) is 19.9 Å². The number of nitrogens with zero attached hydrogens (tertiary/aromatic N) is 2. The Morgan fingerprint density at radius 2 is 1.50 bits per heavy atom. The van der Waals surface area contributed by atoms with E-state index in [0.29, 0.717) is 18.2 Å². The first kappa shape index (κ1) is 32.7. The Morgan fingerprint density at radius 1 is 0.886 bits per heavy atom. The minimum absolute atomic E-state index is 0.0447. The number of aromatic nitrogens is 1. The number of nitrogens with one attached hydrogen (secondary N) is 2. The molecule has 3 aromatic rings. The van der Waals surface area contributed by atoms with Crippen LogP contribution < -0.4 is 10.6 Å². The maximum Gasteiger partial charge on any atom is 0.408 e. The number of ether oxygens (including phenoxy) is 1. The predicted octanol–water partition coefficient (Wildman–Crippen LogP) is 7.54. The lowest BCUT2D eigenvalue weighted by molar-refractivity contribution is -0.130. The van der Waals surface area contributed by atoms with Crippen molar-refractivity contribution >= 4 is 23.7 Å². The summed E-state index contributed by atoms with van der Waals surface area (Å²) in [5.41, 5.74) is 3.60. The van der Waals surface area contributed by atoms with Crippen molar-refractivity contribution in [3.05, 3.63) is 72.4 Å². The number of hydrogen-bond acceptors (Lipinski definition) is 5. The van der Waals surface area contributed by atoms with Gasteiger partial charge in [0.1, 0.15) is 11.4 Å². The number of rotatable bonds is 8. The van der Waals surface area contributed by atoms with E-state index in [0.717, 1.165) is 53.5 Å². The van der Waals surface area contributed by atoms with Crippen molar-refractivity contribution in [1.82, 2.24) is 15.2 Å². The first-order valence-corrected chi connectivity index (χ1v) is 15.4. The predicted molar refractivity (Wildman–Crippen MR) is 175 cm³/mol. The number of pyridine rings is 1. The van der Waals surface area contributed by atoms with Gasteiger partial charge in [-0.1, -0.05) is 54.6 Å². The molecule has 0 aliphatic heterocycles. The normalized spacial score (nSPS) is 17.0. The van der Waals surface area contributed by atoms with Gasteiger partial charge in [-0.2, -0.15) is 0 Å². The van der Waals surface area contributed by atoms with Gasteiger partial charge in [0.05, 0.1) is 5.54 Å². The Hall–Kier alpha value is -4.20. The third kappa shape index (κ3) is 8.68. The zero-order valence-corrected chi connectivity index (χ0v) is 27.1. The van der Waals surface area contributed by atoms with Crippen LogP contribution in [0.3, 0.4) is 0 Å². The molecule has 1 aliphatic rings. The summed E-state index contributed by atoms with van der Waals surface area (Å²) in [4.78, 5) is 43.6. The van der Waals surface area contributed by atoms with Crippen LogP contribution in [0.4, 0.5) is 10.6 Å². The highest BCUT2D eigenvalue weighted by Gasteiger charge is 2.28. The van der Waals surface area contributed by atoms with Gasteiger partial charge in [0.15, 0.2) is 0 Å². The summed E-state index contributed by atoms with van der Waals surface area (Å²) in [5.74, 6) is 0.857. The van der Waals surface area contributed by atoms with Gasteiger partial charge in [0, 0.05) is 38.2 Å². The van der Waals surface area contributed by atoms with E-state index in [1.165, 1.54) is 0 Å². The first-order valence-electron chi connectivity index (χ1n) is 15.4. The van der Waals surface area contributed by atoms with E-state index in [1.54, 1.807) is 13.1 Å². The number of carbonyl (C=O) groups excluding carboxylic acids is 3. The monoisotopic (exact) mass is 598 g/mol. The van der Waals surface area contributed by atoms with Crippen LogP contribution in [-0.4, -0.2) is 46.5 Å². The van der Waals surface area contributed by atoms with Crippen LogP contribution in [0.25, 0.3) is 22.3 Å². The number of alkyl carbamates (subject to hydrolysis) is 1. The summed E-state index contributed by atoms with van der Waals surface area (Å²) in [6.45, 7) is 11.0. The highest BCUT2D eigenvalue weighted by Crippen LogP contribution is 2.35. The smallest absolute Gasteiger partial charge is 0.408 e. The Bertz CT molecular complexity index is 1450. The number of amides is 3. The number of carbonyl (C=O) groups is 3. The standard InChI is InChI=1S/C36H46N4O4/c1-24(41)40(7)29-19-13-25(14-20-29)21-33(42)38-32-22-30(26-11-9-8-10-12-26)31(23-37-32)27-15-17-28(18-16-27)36(5,6)39-34(43)44-35(2,3)4/h8-12,15-18,22-23,25,29H,13-14,19-21H2,1-7H3,(H,39,43)(H,37,38,42). The largest absolute Gasteiger partial charge is 0.444 e. The molecule has 44 heavy (non-hydrogen) atoms. The fourth-order valence-electron chi connectivity index (χ4n) is 5.76. The molecule has 0 unspecified atom stereocenters. The van der Waals surface area contributed by atoms with E-state index < -0.39 is 17.2 Å². The molecule has 8 heteroatoms. The van der Waals surface area contributed by atoms with Crippen molar-refractivity contribution in [2.45, 2.75) is 90.8 Å². The van der Waals surface area contributed by atoms with E-state index in [4.69, 9.17) is 4.74 Å². The lowest BCUT2D eigenvalue weighted by Crippen LogP contribution is -2.43. The lowest BCUT2D eigenvalue weighted by atomic mass is 9.83. The Kier molecular flexibility index (Phi) is 10.1. The van der Waals surface area contributed by atoms with E-state index in [-0.39, 0.29) is 17.9 Å². The molecule has 0 bridgehead atoms.